The summed E-state index contributed by atoms with van der Waals surface area (Å²) in [5.41, 5.74) is -2.18. The van der Waals surface area contributed by atoms with Gasteiger partial charge in [-0.1, -0.05) is 19.4 Å². The number of carboxylic acid groups (broad SMARTS) is 2. The van der Waals surface area contributed by atoms with Crippen molar-refractivity contribution in [3.63, 3.8) is 0 Å². The van der Waals surface area contributed by atoms with Crippen LogP contribution in [-0.4, -0.2) is 34.2 Å². The van der Waals surface area contributed by atoms with Crippen molar-refractivity contribution in [3.8, 4) is 0 Å². The number of ether oxygens (including phenoxy) is 1. The summed E-state index contributed by atoms with van der Waals surface area (Å²) in [6.45, 7) is 3.49. The van der Waals surface area contributed by atoms with E-state index in [0.29, 0.717) is 12.8 Å². The van der Waals surface area contributed by atoms with E-state index < -0.39 is 35.3 Å². The molecule has 0 aromatic carbocycles. The third-order valence-corrected chi connectivity index (χ3v) is 5.25. The lowest BCUT2D eigenvalue weighted by Gasteiger charge is -2.34. The smallest absolute Gasteiger partial charge is 0.332 e. The van der Waals surface area contributed by atoms with Gasteiger partial charge in [0.1, 0.15) is 11.5 Å². The summed E-state index contributed by atoms with van der Waals surface area (Å²) in [7, 11) is 0. The molecule has 0 aromatic heterocycles. The molecule has 6 nitrogen and oxygen atoms in total. The molecule has 0 spiro atoms. The minimum atomic E-state index is -1.77. The summed E-state index contributed by atoms with van der Waals surface area (Å²) >= 11 is 0. The van der Waals surface area contributed by atoms with Gasteiger partial charge in [0, 0.05) is 5.57 Å². The monoisotopic (exact) mass is 324 g/mol. The average molecular weight is 324 g/mol. The maximum atomic E-state index is 12.3. The van der Waals surface area contributed by atoms with Gasteiger partial charge >= 0.3 is 17.9 Å². The van der Waals surface area contributed by atoms with Gasteiger partial charge in [0.2, 0.25) is 0 Å². The van der Waals surface area contributed by atoms with Crippen LogP contribution in [0.1, 0.15) is 57.8 Å². The minimum Gasteiger partial charge on any atom is -0.481 e. The van der Waals surface area contributed by atoms with E-state index in [0.717, 1.165) is 38.5 Å². The maximum absolute atomic E-state index is 12.3. The quantitative estimate of drug-likeness (QED) is 0.551. The summed E-state index contributed by atoms with van der Waals surface area (Å²) in [5.74, 6) is -3.68. The van der Waals surface area contributed by atoms with Gasteiger partial charge in [-0.05, 0) is 44.4 Å². The Bertz CT molecular complexity index is 499. The van der Waals surface area contributed by atoms with Gasteiger partial charge in [-0.3, -0.25) is 9.59 Å². The number of carbonyl (C=O) groups excluding carboxylic acids is 1. The molecule has 128 valence electrons. The van der Waals surface area contributed by atoms with Crippen molar-refractivity contribution in [1.82, 2.24) is 0 Å². The Morgan fingerprint density at radius 3 is 2.00 bits per heavy atom. The second kappa shape index (κ2) is 7.15. The molecule has 2 aliphatic rings. The minimum absolute atomic E-state index is 0.171. The number of esters is 1. The number of hydrogen-bond donors (Lipinski definition) is 2. The lowest BCUT2D eigenvalue weighted by atomic mass is 9.67. The Morgan fingerprint density at radius 2 is 1.52 bits per heavy atom. The second-order valence-corrected chi connectivity index (χ2v) is 6.61. The molecule has 2 fully saturated rings. The molecular weight excluding hydrogens is 300 g/mol. The molecule has 0 saturated heterocycles. The number of carboxylic acids is 2. The van der Waals surface area contributed by atoms with E-state index in [1.807, 2.05) is 0 Å². The Balaban J connectivity index is 2.23. The zero-order valence-corrected chi connectivity index (χ0v) is 13.3. The highest BCUT2D eigenvalue weighted by molar-refractivity contribution is 5.98. The van der Waals surface area contributed by atoms with Crippen LogP contribution in [0, 0.1) is 11.3 Å². The van der Waals surface area contributed by atoms with E-state index in [1.165, 1.54) is 0 Å². The topological polar surface area (TPSA) is 101 Å². The summed E-state index contributed by atoms with van der Waals surface area (Å²) in [5, 5.41) is 19.1. The molecule has 0 aromatic rings. The van der Waals surface area contributed by atoms with Gasteiger partial charge in [-0.2, -0.15) is 0 Å². The van der Waals surface area contributed by atoms with Crippen LogP contribution in [0.3, 0.4) is 0 Å². The molecule has 2 N–H and O–H groups in total. The van der Waals surface area contributed by atoms with Crippen LogP contribution < -0.4 is 0 Å². The molecule has 0 aliphatic heterocycles. The van der Waals surface area contributed by atoms with E-state index in [1.54, 1.807) is 0 Å². The lowest BCUT2D eigenvalue weighted by Crippen LogP contribution is -2.44. The third kappa shape index (κ3) is 3.57. The second-order valence-electron chi connectivity index (χ2n) is 6.61. The molecular formula is C17H24O6. The highest BCUT2D eigenvalue weighted by Crippen LogP contribution is 2.47. The Kier molecular flexibility index (Phi) is 5.44. The first-order chi connectivity index (χ1) is 10.9. The van der Waals surface area contributed by atoms with E-state index >= 15 is 0 Å². The first-order valence-electron chi connectivity index (χ1n) is 8.23. The largest absolute Gasteiger partial charge is 0.481 e. The van der Waals surface area contributed by atoms with Crippen molar-refractivity contribution in [2.24, 2.45) is 11.3 Å². The SMILES string of the molecule is C=C(C(=O)O)C(CC(=O)OC1CCCC1)(C(=O)O)C1CCCC1. The number of carbonyl (C=O) groups is 3. The van der Waals surface area contributed by atoms with Gasteiger partial charge in [0.15, 0.2) is 0 Å². The van der Waals surface area contributed by atoms with Gasteiger partial charge in [0.05, 0.1) is 6.42 Å². The van der Waals surface area contributed by atoms with Crippen molar-refractivity contribution in [2.45, 2.75) is 63.9 Å². The van der Waals surface area contributed by atoms with Crippen LogP contribution in [0.2, 0.25) is 0 Å². The Labute approximate surface area is 135 Å². The fourth-order valence-electron chi connectivity index (χ4n) is 3.95. The molecule has 1 unspecified atom stereocenters. The summed E-state index contributed by atoms with van der Waals surface area (Å²) in [6.07, 6.45) is 5.80. The maximum Gasteiger partial charge on any atom is 0.332 e. The summed E-state index contributed by atoms with van der Waals surface area (Å²) in [6, 6.07) is 0. The highest BCUT2D eigenvalue weighted by Gasteiger charge is 2.53. The fourth-order valence-corrected chi connectivity index (χ4v) is 3.95. The van der Waals surface area contributed by atoms with Gasteiger partial charge in [0.25, 0.3) is 0 Å². The molecule has 2 saturated carbocycles. The van der Waals surface area contributed by atoms with E-state index in [4.69, 9.17) is 4.74 Å². The van der Waals surface area contributed by atoms with Crippen molar-refractivity contribution in [3.05, 3.63) is 12.2 Å². The predicted octanol–water partition coefficient (Wildman–Crippen LogP) is 2.76. The van der Waals surface area contributed by atoms with Crippen LogP contribution in [0.25, 0.3) is 0 Å². The zero-order chi connectivity index (χ0) is 17.0. The van der Waals surface area contributed by atoms with Gasteiger partial charge in [-0.25, -0.2) is 4.79 Å². The Hall–Kier alpha value is -1.85. The molecule has 2 rings (SSSR count). The van der Waals surface area contributed by atoms with E-state index in [9.17, 15) is 24.6 Å². The number of aliphatic carboxylic acids is 2. The normalized spacial score (nSPS) is 21.7. The van der Waals surface area contributed by atoms with Crippen molar-refractivity contribution >= 4 is 17.9 Å². The van der Waals surface area contributed by atoms with E-state index in [-0.39, 0.29) is 12.0 Å². The van der Waals surface area contributed by atoms with Crippen LogP contribution in [0.5, 0.6) is 0 Å². The first kappa shape index (κ1) is 17.5. The summed E-state index contributed by atoms with van der Waals surface area (Å²) < 4.78 is 5.37. The standard InChI is InChI=1S/C17H24O6/c1-11(15(19)20)17(16(21)22,12-6-2-3-7-12)10-14(18)23-13-8-4-5-9-13/h12-13H,1-10H2,(H,19,20)(H,21,22). The molecule has 0 bridgehead atoms. The van der Waals surface area contributed by atoms with Crippen LogP contribution in [0.15, 0.2) is 12.2 Å². The number of hydrogen-bond acceptors (Lipinski definition) is 4. The van der Waals surface area contributed by atoms with Gasteiger partial charge < -0.3 is 14.9 Å². The first-order valence-corrected chi connectivity index (χ1v) is 8.23. The molecule has 0 amide bonds. The Morgan fingerprint density at radius 1 is 1.00 bits per heavy atom. The fraction of sp³-hybridized carbons (Fsp3) is 0.706. The van der Waals surface area contributed by atoms with Gasteiger partial charge in [-0.15, -0.1) is 0 Å². The van der Waals surface area contributed by atoms with Crippen LogP contribution in [-0.2, 0) is 19.1 Å². The summed E-state index contributed by atoms with van der Waals surface area (Å²) in [4.78, 5) is 35.7. The van der Waals surface area contributed by atoms with Crippen LogP contribution >= 0.6 is 0 Å². The molecule has 0 radical (unpaired) electrons. The third-order valence-electron chi connectivity index (χ3n) is 5.25. The zero-order valence-electron chi connectivity index (χ0n) is 13.3. The highest BCUT2D eigenvalue weighted by atomic mass is 16.5. The molecule has 2 aliphatic carbocycles. The van der Waals surface area contributed by atoms with Crippen molar-refractivity contribution < 1.29 is 29.3 Å². The van der Waals surface area contributed by atoms with Crippen molar-refractivity contribution in [1.29, 1.82) is 0 Å². The van der Waals surface area contributed by atoms with E-state index in [2.05, 4.69) is 6.58 Å². The molecule has 1 atom stereocenters. The molecule has 23 heavy (non-hydrogen) atoms. The predicted molar refractivity (Wildman–Crippen MR) is 81.8 cm³/mol. The van der Waals surface area contributed by atoms with Crippen molar-refractivity contribution in [2.75, 3.05) is 0 Å². The van der Waals surface area contributed by atoms with Crippen LogP contribution in [0.4, 0.5) is 0 Å². The number of rotatable bonds is 7. The molecule has 0 heterocycles. The lowest BCUT2D eigenvalue weighted by molar-refractivity contribution is -0.163. The molecule has 6 heteroatoms. The average Bonchev–Trinajstić information content (AvgIpc) is 3.16.